The van der Waals surface area contributed by atoms with Crippen LogP contribution in [0.5, 0.6) is 0 Å². The Morgan fingerprint density at radius 2 is 1.94 bits per heavy atom. The van der Waals surface area contributed by atoms with Crippen molar-refractivity contribution in [2.45, 2.75) is 58.6 Å². The fraction of sp³-hybridized carbons (Fsp3) is 0.423. The van der Waals surface area contributed by atoms with Crippen molar-refractivity contribution >= 4 is 34.6 Å². The number of benzene rings is 1. The van der Waals surface area contributed by atoms with Crippen molar-refractivity contribution in [1.29, 1.82) is 0 Å². The summed E-state index contributed by atoms with van der Waals surface area (Å²) in [7, 11) is 0. The molecule has 1 saturated heterocycles. The number of rotatable bonds is 6. The Labute approximate surface area is 209 Å². The number of fused-ring (bicyclic) bond motifs is 1. The van der Waals surface area contributed by atoms with Gasteiger partial charge < -0.3 is 19.4 Å². The molecule has 2 aromatic heterocycles. The predicted molar refractivity (Wildman–Crippen MR) is 136 cm³/mol. The number of carbonyl (C=O) groups is 2. The van der Waals surface area contributed by atoms with Crippen LogP contribution < -0.4 is 16.3 Å². The monoisotopic (exact) mass is 493 g/mol. The summed E-state index contributed by atoms with van der Waals surface area (Å²) in [6, 6.07) is 6.47. The molecule has 10 nitrogen and oxygen atoms in total. The molecule has 0 radical (unpaired) electrons. The first kappa shape index (κ1) is 25.2. The molecule has 1 aliphatic heterocycles. The van der Waals surface area contributed by atoms with Crippen LogP contribution in [0.4, 0.5) is 16.5 Å². The van der Waals surface area contributed by atoms with E-state index in [2.05, 4.69) is 20.6 Å². The van der Waals surface area contributed by atoms with Gasteiger partial charge in [0.25, 0.3) is 6.01 Å². The fourth-order valence-electron chi connectivity index (χ4n) is 4.18. The van der Waals surface area contributed by atoms with Gasteiger partial charge in [-0.2, -0.15) is 4.98 Å². The highest BCUT2D eigenvalue weighted by molar-refractivity contribution is 5.93. The molecule has 10 heteroatoms. The molecule has 0 spiro atoms. The zero-order valence-corrected chi connectivity index (χ0v) is 21.0. The summed E-state index contributed by atoms with van der Waals surface area (Å²) in [4.78, 5) is 48.5. The van der Waals surface area contributed by atoms with Crippen molar-refractivity contribution in [1.82, 2.24) is 14.9 Å². The van der Waals surface area contributed by atoms with Crippen LogP contribution in [-0.4, -0.2) is 45.6 Å². The summed E-state index contributed by atoms with van der Waals surface area (Å²) in [5.41, 5.74) is 0.857. The zero-order chi connectivity index (χ0) is 25.9. The van der Waals surface area contributed by atoms with Gasteiger partial charge in [0.15, 0.2) is 0 Å². The lowest BCUT2D eigenvalue weighted by Crippen LogP contribution is -2.30. The number of anilines is 2. The van der Waals surface area contributed by atoms with Crippen LogP contribution in [0.15, 0.2) is 45.9 Å². The minimum atomic E-state index is -0.656. The van der Waals surface area contributed by atoms with E-state index in [-0.39, 0.29) is 23.7 Å². The van der Waals surface area contributed by atoms with E-state index >= 15 is 0 Å². The first-order valence-corrected chi connectivity index (χ1v) is 12.0. The number of amides is 2. The number of aromatic nitrogens is 2. The number of pyridine rings is 1. The predicted octanol–water partition coefficient (Wildman–Crippen LogP) is 4.40. The standard InChI is InChI=1S/C26H31N5O5/c1-16-18(30-25(34)36-26(2,3)4)9-10-19-22(16)23(33)35-24(28-19)29-20(17-8-7-11-27-15-17)14-21(32)31-12-5-6-13-31/h7-11,15,20H,5-6,12-14H2,1-4H3,(H,28,29)(H,30,34). The molecule has 1 aromatic carbocycles. The van der Waals surface area contributed by atoms with E-state index in [1.54, 1.807) is 58.3 Å². The zero-order valence-electron chi connectivity index (χ0n) is 21.0. The number of hydrogen-bond acceptors (Lipinski definition) is 8. The van der Waals surface area contributed by atoms with E-state index in [1.807, 2.05) is 11.0 Å². The molecule has 2 N–H and O–H groups in total. The molecule has 0 aliphatic carbocycles. The molecule has 3 heterocycles. The molecule has 0 bridgehead atoms. The van der Waals surface area contributed by atoms with E-state index in [4.69, 9.17) is 9.15 Å². The summed E-state index contributed by atoms with van der Waals surface area (Å²) in [6.45, 7) is 8.51. The molecule has 0 saturated carbocycles. The topological polar surface area (TPSA) is 127 Å². The maximum absolute atomic E-state index is 13.0. The maximum Gasteiger partial charge on any atom is 0.412 e. The van der Waals surface area contributed by atoms with Gasteiger partial charge in [0, 0.05) is 31.2 Å². The smallest absolute Gasteiger partial charge is 0.412 e. The molecular weight excluding hydrogens is 462 g/mol. The second-order valence-electron chi connectivity index (χ2n) is 9.84. The molecule has 1 aliphatic rings. The lowest BCUT2D eigenvalue weighted by atomic mass is 10.1. The second kappa shape index (κ2) is 10.3. The summed E-state index contributed by atoms with van der Waals surface area (Å²) >= 11 is 0. The molecule has 2 amide bonds. The number of carbonyl (C=O) groups excluding carboxylic acids is 2. The molecule has 36 heavy (non-hydrogen) atoms. The van der Waals surface area contributed by atoms with Crippen molar-refractivity contribution in [3.05, 3.63) is 58.2 Å². The van der Waals surface area contributed by atoms with Crippen molar-refractivity contribution in [2.75, 3.05) is 23.7 Å². The van der Waals surface area contributed by atoms with Crippen LogP contribution in [0.25, 0.3) is 10.9 Å². The Balaban J connectivity index is 1.60. The summed E-state index contributed by atoms with van der Waals surface area (Å²) < 4.78 is 10.8. The largest absolute Gasteiger partial charge is 0.444 e. The van der Waals surface area contributed by atoms with Crippen LogP contribution in [0.3, 0.4) is 0 Å². The lowest BCUT2D eigenvalue weighted by molar-refractivity contribution is -0.130. The van der Waals surface area contributed by atoms with Crippen LogP contribution in [0.2, 0.25) is 0 Å². The summed E-state index contributed by atoms with van der Waals surface area (Å²) in [5, 5.41) is 6.04. The third-order valence-electron chi connectivity index (χ3n) is 5.92. The number of nitrogens with one attached hydrogen (secondary N) is 2. The second-order valence-corrected chi connectivity index (χ2v) is 9.84. The van der Waals surface area contributed by atoms with Crippen LogP contribution in [0, 0.1) is 6.92 Å². The third kappa shape index (κ3) is 5.99. The molecule has 4 rings (SSSR count). The molecule has 1 unspecified atom stereocenters. The van der Waals surface area contributed by atoms with Gasteiger partial charge in [-0.25, -0.2) is 9.59 Å². The Morgan fingerprint density at radius 1 is 1.19 bits per heavy atom. The van der Waals surface area contributed by atoms with Crippen molar-refractivity contribution < 1.29 is 18.7 Å². The van der Waals surface area contributed by atoms with Crippen LogP contribution >= 0.6 is 0 Å². The molecule has 1 atom stereocenters. The highest BCUT2D eigenvalue weighted by Gasteiger charge is 2.25. The average molecular weight is 494 g/mol. The summed E-state index contributed by atoms with van der Waals surface area (Å²) in [5.74, 6) is 0.0192. The van der Waals surface area contributed by atoms with E-state index in [0.717, 1.165) is 31.5 Å². The van der Waals surface area contributed by atoms with Gasteiger partial charge in [-0.1, -0.05) is 6.07 Å². The number of ether oxygens (including phenoxy) is 1. The Kier molecular flexibility index (Phi) is 7.23. The van der Waals surface area contributed by atoms with Crippen LogP contribution in [-0.2, 0) is 9.53 Å². The van der Waals surface area contributed by atoms with Gasteiger partial charge in [-0.05, 0) is 69.9 Å². The number of aryl methyl sites for hydroxylation is 1. The molecular formula is C26H31N5O5. The number of likely N-dealkylation sites (tertiary alicyclic amines) is 1. The highest BCUT2D eigenvalue weighted by Crippen LogP contribution is 2.27. The van der Waals surface area contributed by atoms with Gasteiger partial charge in [0.2, 0.25) is 5.91 Å². The number of hydrogen-bond donors (Lipinski definition) is 2. The van der Waals surface area contributed by atoms with Gasteiger partial charge in [-0.15, -0.1) is 0 Å². The van der Waals surface area contributed by atoms with Gasteiger partial charge >= 0.3 is 11.7 Å². The quantitative estimate of drug-likeness (QED) is 0.517. The van der Waals surface area contributed by atoms with Crippen molar-refractivity contribution in [3.63, 3.8) is 0 Å². The van der Waals surface area contributed by atoms with Crippen molar-refractivity contribution in [3.8, 4) is 0 Å². The fourth-order valence-corrected chi connectivity index (χ4v) is 4.18. The Morgan fingerprint density at radius 3 is 2.61 bits per heavy atom. The van der Waals surface area contributed by atoms with Crippen LogP contribution in [0.1, 0.15) is 57.2 Å². The first-order valence-electron chi connectivity index (χ1n) is 12.0. The third-order valence-corrected chi connectivity index (χ3v) is 5.92. The SMILES string of the molecule is Cc1c(NC(=O)OC(C)(C)C)ccc2nc(NC(CC(=O)N3CCCC3)c3cccnc3)oc(=O)c12. The Bertz CT molecular complexity index is 1310. The van der Waals surface area contributed by atoms with E-state index in [9.17, 15) is 14.4 Å². The van der Waals surface area contributed by atoms with Crippen molar-refractivity contribution in [2.24, 2.45) is 0 Å². The van der Waals surface area contributed by atoms with Gasteiger partial charge in [-0.3, -0.25) is 15.1 Å². The lowest BCUT2D eigenvalue weighted by Gasteiger charge is -2.22. The minimum Gasteiger partial charge on any atom is -0.444 e. The highest BCUT2D eigenvalue weighted by atomic mass is 16.6. The normalized spacial score (nSPS) is 14.5. The van der Waals surface area contributed by atoms with E-state index < -0.39 is 23.4 Å². The molecule has 1 fully saturated rings. The first-order chi connectivity index (χ1) is 17.1. The maximum atomic E-state index is 13.0. The van der Waals surface area contributed by atoms with Gasteiger partial charge in [0.05, 0.1) is 23.4 Å². The Hall–Kier alpha value is -3.95. The summed E-state index contributed by atoms with van der Waals surface area (Å²) in [6.07, 6.45) is 4.88. The number of nitrogens with zero attached hydrogens (tertiary/aromatic N) is 3. The van der Waals surface area contributed by atoms with E-state index in [0.29, 0.717) is 16.8 Å². The average Bonchev–Trinajstić information content (AvgIpc) is 3.35. The molecule has 3 aromatic rings. The van der Waals surface area contributed by atoms with Gasteiger partial charge in [0.1, 0.15) is 5.60 Å². The minimum absolute atomic E-state index is 0.00262. The van der Waals surface area contributed by atoms with E-state index in [1.165, 1.54) is 0 Å². The molecule has 190 valence electrons.